The molecule has 29 heavy (non-hydrogen) atoms. The van der Waals surface area contributed by atoms with Crippen LogP contribution in [0.15, 0.2) is 53.7 Å². The van der Waals surface area contributed by atoms with Crippen molar-refractivity contribution in [3.8, 4) is 11.5 Å². The van der Waals surface area contributed by atoms with Gasteiger partial charge in [-0.3, -0.25) is 9.59 Å². The molecule has 1 aliphatic heterocycles. The van der Waals surface area contributed by atoms with Crippen molar-refractivity contribution < 1.29 is 23.5 Å². The van der Waals surface area contributed by atoms with E-state index in [1.807, 2.05) is 12.1 Å². The number of allylic oxidation sites excluding steroid dienone is 2. The van der Waals surface area contributed by atoms with E-state index in [1.54, 1.807) is 32.4 Å². The molecule has 0 bridgehead atoms. The van der Waals surface area contributed by atoms with Crippen molar-refractivity contribution in [3.63, 3.8) is 0 Å². The van der Waals surface area contributed by atoms with E-state index in [4.69, 9.17) is 9.47 Å². The highest BCUT2D eigenvalue weighted by Crippen LogP contribution is 2.45. The molecule has 150 valence electrons. The molecular formula is C23H22FNO4. The first-order chi connectivity index (χ1) is 14.0. The minimum Gasteiger partial charge on any atom is -0.497 e. The van der Waals surface area contributed by atoms with E-state index in [9.17, 15) is 14.0 Å². The molecule has 0 fully saturated rings. The molecule has 0 saturated carbocycles. The van der Waals surface area contributed by atoms with Crippen LogP contribution in [0.1, 0.15) is 42.2 Å². The van der Waals surface area contributed by atoms with Gasteiger partial charge in [0.15, 0.2) is 5.78 Å². The molecule has 1 N–H and O–H groups in total. The molecular weight excluding hydrogens is 373 g/mol. The fourth-order valence-corrected chi connectivity index (χ4v) is 4.35. The normalized spacial score (nSPS) is 21.5. The lowest BCUT2D eigenvalue weighted by molar-refractivity contribution is -0.122. The lowest BCUT2D eigenvalue weighted by Crippen LogP contribution is -2.38. The number of amides is 1. The first-order valence-corrected chi connectivity index (χ1v) is 9.53. The van der Waals surface area contributed by atoms with Crippen LogP contribution in [-0.2, 0) is 9.59 Å². The Morgan fingerprint density at radius 3 is 2.55 bits per heavy atom. The fraction of sp³-hybridized carbons (Fsp3) is 0.304. The Kier molecular flexibility index (Phi) is 5.09. The third-order valence-corrected chi connectivity index (χ3v) is 5.66. The standard InChI is InChI=1S/C23H22FNO4/c1-28-16-6-7-21(29-2)17(11-16)14-9-19-23(20(26)10-14)18(12-22(27)25-19)13-4-3-5-15(24)8-13/h3-8,11,14,18H,9-10,12H2,1-2H3,(H,25,27). The van der Waals surface area contributed by atoms with E-state index in [1.165, 1.54) is 12.1 Å². The highest BCUT2D eigenvalue weighted by atomic mass is 19.1. The molecule has 0 spiro atoms. The van der Waals surface area contributed by atoms with Crippen LogP contribution in [-0.4, -0.2) is 25.9 Å². The summed E-state index contributed by atoms with van der Waals surface area (Å²) in [4.78, 5) is 25.5. The van der Waals surface area contributed by atoms with Gasteiger partial charge in [0.2, 0.25) is 5.91 Å². The second-order valence-electron chi connectivity index (χ2n) is 7.39. The number of rotatable bonds is 4. The number of halogens is 1. The minimum absolute atomic E-state index is 0.0321. The van der Waals surface area contributed by atoms with Gasteiger partial charge in [-0.15, -0.1) is 0 Å². The van der Waals surface area contributed by atoms with E-state index < -0.39 is 5.92 Å². The van der Waals surface area contributed by atoms with E-state index in [-0.39, 0.29) is 29.8 Å². The molecule has 1 aliphatic carbocycles. The smallest absolute Gasteiger partial charge is 0.225 e. The Bertz CT molecular complexity index is 1010. The third-order valence-electron chi connectivity index (χ3n) is 5.66. The first-order valence-electron chi connectivity index (χ1n) is 9.53. The summed E-state index contributed by atoms with van der Waals surface area (Å²) in [5.41, 5.74) is 2.74. The molecule has 2 atom stereocenters. The second-order valence-corrected chi connectivity index (χ2v) is 7.39. The molecule has 2 aliphatic rings. The van der Waals surface area contributed by atoms with E-state index in [2.05, 4.69) is 5.32 Å². The number of carbonyl (C=O) groups excluding carboxylic acids is 2. The summed E-state index contributed by atoms with van der Waals surface area (Å²) in [5.74, 6) is 0.222. The van der Waals surface area contributed by atoms with Gasteiger partial charge < -0.3 is 14.8 Å². The Morgan fingerprint density at radius 1 is 1.00 bits per heavy atom. The summed E-state index contributed by atoms with van der Waals surface area (Å²) in [5, 5.41) is 2.88. The van der Waals surface area contributed by atoms with Gasteiger partial charge >= 0.3 is 0 Å². The molecule has 2 unspecified atom stereocenters. The number of ether oxygens (including phenoxy) is 2. The number of methoxy groups -OCH3 is 2. The maximum atomic E-state index is 13.8. The van der Waals surface area contributed by atoms with Crippen molar-refractivity contribution in [1.29, 1.82) is 0 Å². The second kappa shape index (κ2) is 7.70. The zero-order valence-corrected chi connectivity index (χ0v) is 16.3. The molecule has 1 amide bonds. The summed E-state index contributed by atoms with van der Waals surface area (Å²) >= 11 is 0. The summed E-state index contributed by atoms with van der Waals surface area (Å²) in [6.45, 7) is 0. The van der Waals surface area contributed by atoms with Gasteiger partial charge in [-0.05, 0) is 42.3 Å². The average Bonchev–Trinajstić information content (AvgIpc) is 2.72. The summed E-state index contributed by atoms with van der Waals surface area (Å²) in [7, 11) is 3.17. The van der Waals surface area contributed by atoms with Crippen LogP contribution in [0.5, 0.6) is 11.5 Å². The third kappa shape index (κ3) is 3.62. The van der Waals surface area contributed by atoms with Gasteiger partial charge in [0.25, 0.3) is 0 Å². The zero-order chi connectivity index (χ0) is 20.5. The maximum absolute atomic E-state index is 13.8. The van der Waals surface area contributed by atoms with Crippen molar-refractivity contribution in [2.75, 3.05) is 14.2 Å². The fourth-order valence-electron chi connectivity index (χ4n) is 4.35. The number of hydrogen-bond acceptors (Lipinski definition) is 4. The van der Waals surface area contributed by atoms with Gasteiger partial charge in [-0.25, -0.2) is 4.39 Å². The number of benzene rings is 2. The summed E-state index contributed by atoms with van der Waals surface area (Å²) in [6.07, 6.45) is 0.938. The highest BCUT2D eigenvalue weighted by molar-refractivity contribution is 6.02. The van der Waals surface area contributed by atoms with Gasteiger partial charge in [0.05, 0.1) is 14.2 Å². The first kappa shape index (κ1) is 19.2. The van der Waals surface area contributed by atoms with Crippen LogP contribution in [0, 0.1) is 5.82 Å². The Morgan fingerprint density at radius 2 is 1.83 bits per heavy atom. The van der Waals surface area contributed by atoms with E-state index in [0.717, 1.165) is 5.56 Å². The van der Waals surface area contributed by atoms with Crippen LogP contribution in [0.4, 0.5) is 4.39 Å². The molecule has 0 radical (unpaired) electrons. The van der Waals surface area contributed by atoms with E-state index >= 15 is 0 Å². The largest absolute Gasteiger partial charge is 0.497 e. The predicted octanol–water partition coefficient (Wildman–Crippen LogP) is 3.85. The predicted molar refractivity (Wildman–Crippen MR) is 105 cm³/mol. The summed E-state index contributed by atoms with van der Waals surface area (Å²) < 4.78 is 24.6. The van der Waals surface area contributed by atoms with Gasteiger partial charge in [0, 0.05) is 41.5 Å². The van der Waals surface area contributed by atoms with Crippen LogP contribution < -0.4 is 14.8 Å². The SMILES string of the molecule is COc1ccc(OC)c(C2CC(=O)C3=C(C2)NC(=O)CC3c2cccc(F)c2)c1. The summed E-state index contributed by atoms with van der Waals surface area (Å²) in [6, 6.07) is 11.6. The number of hydrogen-bond donors (Lipinski definition) is 1. The van der Waals surface area contributed by atoms with Crippen molar-refractivity contribution in [3.05, 3.63) is 70.7 Å². The van der Waals surface area contributed by atoms with Crippen molar-refractivity contribution in [2.24, 2.45) is 0 Å². The number of ketones is 1. The van der Waals surface area contributed by atoms with Crippen molar-refractivity contribution >= 4 is 11.7 Å². The molecule has 2 aromatic carbocycles. The molecule has 6 heteroatoms. The molecule has 5 nitrogen and oxygen atoms in total. The maximum Gasteiger partial charge on any atom is 0.225 e. The van der Waals surface area contributed by atoms with Crippen LogP contribution >= 0.6 is 0 Å². The van der Waals surface area contributed by atoms with Crippen LogP contribution in [0.25, 0.3) is 0 Å². The highest BCUT2D eigenvalue weighted by Gasteiger charge is 2.39. The quantitative estimate of drug-likeness (QED) is 0.854. The van der Waals surface area contributed by atoms with Gasteiger partial charge in [-0.2, -0.15) is 0 Å². The zero-order valence-electron chi connectivity index (χ0n) is 16.3. The van der Waals surface area contributed by atoms with E-state index in [0.29, 0.717) is 41.2 Å². The minimum atomic E-state index is -0.421. The lowest BCUT2D eigenvalue weighted by Gasteiger charge is -2.34. The monoisotopic (exact) mass is 395 g/mol. The van der Waals surface area contributed by atoms with Crippen LogP contribution in [0.2, 0.25) is 0 Å². The molecule has 1 heterocycles. The number of nitrogens with one attached hydrogen (secondary N) is 1. The van der Waals surface area contributed by atoms with Crippen molar-refractivity contribution in [1.82, 2.24) is 5.32 Å². The molecule has 0 saturated heterocycles. The molecule has 0 aromatic heterocycles. The topological polar surface area (TPSA) is 64.6 Å². The van der Waals surface area contributed by atoms with Gasteiger partial charge in [-0.1, -0.05) is 12.1 Å². The Labute approximate surface area is 168 Å². The number of carbonyl (C=O) groups is 2. The van der Waals surface area contributed by atoms with Crippen molar-refractivity contribution in [2.45, 2.75) is 31.1 Å². The molecule has 4 rings (SSSR count). The number of Topliss-reactive ketones (excluding diaryl/α,β-unsaturated/α-hetero) is 1. The average molecular weight is 395 g/mol. The Hall–Kier alpha value is -3.15. The van der Waals surface area contributed by atoms with Crippen LogP contribution in [0.3, 0.4) is 0 Å². The molecule has 2 aromatic rings. The Balaban J connectivity index is 1.74. The van der Waals surface area contributed by atoms with Gasteiger partial charge in [0.1, 0.15) is 17.3 Å². The lowest BCUT2D eigenvalue weighted by atomic mass is 9.73.